The summed E-state index contributed by atoms with van der Waals surface area (Å²) in [6, 6.07) is 21.1. The molecule has 0 radical (unpaired) electrons. The summed E-state index contributed by atoms with van der Waals surface area (Å²) in [6.45, 7) is 8.77. The molecule has 0 atom stereocenters. The van der Waals surface area contributed by atoms with Gasteiger partial charge in [0.25, 0.3) is 0 Å². The zero-order valence-electron chi connectivity index (χ0n) is 17.0. The first-order chi connectivity index (χ1) is 13.8. The number of rotatable bonds is 3. The monoisotopic (exact) mass is 439 g/mol. The Kier molecular flexibility index (Phi) is 5.37. The second-order valence-corrected chi connectivity index (χ2v) is 10.0. The smallest absolute Gasteiger partial charge is 0.0833 e. The largest absolute Gasteiger partial charge is 0.307 e. The van der Waals surface area contributed by atoms with Gasteiger partial charge in [-0.1, -0.05) is 68.2 Å². The first kappa shape index (κ1) is 20.3. The SMILES string of the molecule is Cc1cc(Cl)c(Cl)c(N(c2ccccc2)c2csc3ccc(C(C)(C)C)cc23)c1. The average molecular weight is 440 g/mol. The molecule has 1 aromatic heterocycles. The Morgan fingerprint density at radius 3 is 2.28 bits per heavy atom. The highest BCUT2D eigenvalue weighted by atomic mass is 35.5. The molecule has 0 aliphatic carbocycles. The van der Waals surface area contributed by atoms with Gasteiger partial charge in [-0.05, 0) is 59.9 Å². The maximum atomic E-state index is 6.71. The predicted octanol–water partition coefficient (Wildman–Crippen LogP) is 9.28. The average Bonchev–Trinajstić information content (AvgIpc) is 3.09. The van der Waals surface area contributed by atoms with Crippen molar-refractivity contribution in [2.75, 3.05) is 4.90 Å². The van der Waals surface area contributed by atoms with Crippen molar-refractivity contribution < 1.29 is 0 Å². The van der Waals surface area contributed by atoms with Crippen LogP contribution in [0.1, 0.15) is 31.9 Å². The highest BCUT2D eigenvalue weighted by Gasteiger charge is 2.22. The lowest BCUT2D eigenvalue weighted by molar-refractivity contribution is 0.591. The summed E-state index contributed by atoms with van der Waals surface area (Å²) in [6.07, 6.45) is 0. The summed E-state index contributed by atoms with van der Waals surface area (Å²) in [5, 5.41) is 4.56. The van der Waals surface area contributed by atoms with E-state index >= 15 is 0 Å². The number of halogens is 2. The molecule has 0 fully saturated rings. The number of anilines is 3. The first-order valence-electron chi connectivity index (χ1n) is 9.58. The minimum atomic E-state index is 0.0786. The molecule has 1 heterocycles. The Bertz CT molecular complexity index is 1170. The standard InChI is InChI=1S/C25H23Cl2NS/c1-16-12-20(26)24(27)21(13-16)28(18-8-6-5-7-9-18)22-15-29-23-11-10-17(14-19(22)23)25(2,3)4/h5-15H,1-4H3. The van der Waals surface area contributed by atoms with Gasteiger partial charge in [0.1, 0.15) is 0 Å². The zero-order chi connectivity index (χ0) is 20.8. The topological polar surface area (TPSA) is 3.24 Å². The summed E-state index contributed by atoms with van der Waals surface area (Å²) >= 11 is 14.9. The van der Waals surface area contributed by atoms with E-state index < -0.39 is 0 Å². The van der Waals surface area contributed by atoms with Gasteiger partial charge in [0.05, 0.1) is 21.4 Å². The second kappa shape index (κ2) is 7.68. The summed E-state index contributed by atoms with van der Waals surface area (Å²) in [7, 11) is 0. The van der Waals surface area contributed by atoms with E-state index in [2.05, 4.69) is 67.4 Å². The lowest BCUT2D eigenvalue weighted by Gasteiger charge is -2.27. The molecule has 0 spiro atoms. The van der Waals surface area contributed by atoms with Crippen LogP contribution in [0.2, 0.25) is 10.0 Å². The van der Waals surface area contributed by atoms with Crippen molar-refractivity contribution in [2.45, 2.75) is 33.1 Å². The number of thiophene rings is 1. The summed E-state index contributed by atoms with van der Waals surface area (Å²) in [5.74, 6) is 0. The molecule has 1 nitrogen and oxygen atoms in total. The van der Waals surface area contributed by atoms with Gasteiger partial charge < -0.3 is 4.90 Å². The Hall–Kier alpha value is -2.00. The molecule has 4 aromatic rings. The quantitative estimate of drug-likeness (QED) is 0.307. The predicted molar refractivity (Wildman–Crippen MR) is 130 cm³/mol. The third-order valence-electron chi connectivity index (χ3n) is 5.07. The van der Waals surface area contributed by atoms with Crippen molar-refractivity contribution >= 4 is 61.7 Å². The number of nitrogens with zero attached hydrogens (tertiary/aromatic N) is 1. The lowest BCUT2D eigenvalue weighted by Crippen LogP contribution is -2.12. The van der Waals surface area contributed by atoms with E-state index in [9.17, 15) is 0 Å². The van der Waals surface area contributed by atoms with E-state index in [1.165, 1.54) is 15.6 Å². The van der Waals surface area contributed by atoms with Gasteiger partial charge in [0.2, 0.25) is 0 Å². The summed E-state index contributed by atoms with van der Waals surface area (Å²) in [4.78, 5) is 2.21. The fourth-order valence-corrected chi connectivity index (χ4v) is 4.88. The van der Waals surface area contributed by atoms with Gasteiger partial charge in [-0.2, -0.15) is 0 Å². The number of hydrogen-bond acceptors (Lipinski definition) is 2. The van der Waals surface area contributed by atoms with Crippen molar-refractivity contribution in [2.24, 2.45) is 0 Å². The van der Waals surface area contributed by atoms with Gasteiger partial charge in [-0.3, -0.25) is 0 Å². The van der Waals surface area contributed by atoms with Gasteiger partial charge in [0, 0.05) is 21.2 Å². The molecule has 29 heavy (non-hydrogen) atoms. The van der Waals surface area contributed by atoms with Crippen LogP contribution in [0.5, 0.6) is 0 Å². The highest BCUT2D eigenvalue weighted by Crippen LogP contribution is 2.46. The summed E-state index contributed by atoms with van der Waals surface area (Å²) in [5.41, 5.74) is 5.53. The van der Waals surface area contributed by atoms with E-state index in [4.69, 9.17) is 23.2 Å². The van der Waals surface area contributed by atoms with Crippen molar-refractivity contribution in [1.82, 2.24) is 0 Å². The molecule has 0 unspecified atom stereocenters. The van der Waals surface area contributed by atoms with Crippen LogP contribution in [0.4, 0.5) is 17.1 Å². The minimum Gasteiger partial charge on any atom is -0.307 e. The van der Waals surface area contributed by atoms with Gasteiger partial charge in [0.15, 0.2) is 0 Å². The Balaban J connectivity index is 2.01. The molecule has 0 saturated carbocycles. The Labute approximate surface area is 186 Å². The van der Waals surface area contributed by atoms with Crippen LogP contribution in [-0.4, -0.2) is 0 Å². The normalized spacial score (nSPS) is 11.8. The van der Waals surface area contributed by atoms with Crippen LogP contribution in [0, 0.1) is 6.92 Å². The van der Waals surface area contributed by atoms with Gasteiger partial charge >= 0.3 is 0 Å². The molecule has 0 N–H and O–H groups in total. The van der Waals surface area contributed by atoms with E-state index in [0.717, 1.165) is 22.6 Å². The molecule has 0 amide bonds. The lowest BCUT2D eigenvalue weighted by atomic mass is 9.86. The number of hydrogen-bond donors (Lipinski definition) is 0. The number of fused-ring (bicyclic) bond motifs is 1. The Morgan fingerprint density at radius 1 is 0.862 bits per heavy atom. The molecular weight excluding hydrogens is 417 g/mol. The number of benzene rings is 3. The van der Waals surface area contributed by atoms with Gasteiger partial charge in [-0.15, -0.1) is 11.3 Å². The minimum absolute atomic E-state index is 0.0786. The van der Waals surface area contributed by atoms with Crippen LogP contribution in [-0.2, 0) is 5.41 Å². The van der Waals surface area contributed by atoms with E-state index in [1.54, 1.807) is 11.3 Å². The van der Waals surface area contributed by atoms with E-state index in [0.29, 0.717) is 10.0 Å². The zero-order valence-corrected chi connectivity index (χ0v) is 19.3. The van der Waals surface area contributed by atoms with Crippen LogP contribution < -0.4 is 4.90 Å². The maximum Gasteiger partial charge on any atom is 0.0833 e. The molecule has 3 aromatic carbocycles. The fourth-order valence-electron chi connectivity index (χ4n) is 3.51. The molecule has 0 aliphatic rings. The molecular formula is C25H23Cl2NS. The molecule has 148 valence electrons. The molecule has 0 aliphatic heterocycles. The van der Waals surface area contributed by atoms with Crippen LogP contribution in [0.3, 0.4) is 0 Å². The van der Waals surface area contributed by atoms with Crippen LogP contribution in [0.15, 0.2) is 66.0 Å². The molecule has 0 bridgehead atoms. The Morgan fingerprint density at radius 2 is 1.59 bits per heavy atom. The molecule has 4 heteroatoms. The van der Waals surface area contributed by atoms with Crippen molar-refractivity contribution in [3.8, 4) is 0 Å². The third kappa shape index (κ3) is 3.90. The second-order valence-electron chi connectivity index (χ2n) is 8.33. The summed E-state index contributed by atoms with van der Waals surface area (Å²) < 4.78 is 1.25. The van der Waals surface area contributed by atoms with Crippen molar-refractivity contribution in [3.05, 3.63) is 87.2 Å². The van der Waals surface area contributed by atoms with Gasteiger partial charge in [-0.25, -0.2) is 0 Å². The van der Waals surface area contributed by atoms with E-state index in [1.807, 2.05) is 31.2 Å². The highest BCUT2D eigenvalue weighted by molar-refractivity contribution is 7.17. The third-order valence-corrected chi connectivity index (χ3v) is 6.81. The maximum absolute atomic E-state index is 6.71. The molecule has 0 saturated heterocycles. The van der Waals surface area contributed by atoms with E-state index in [-0.39, 0.29) is 5.41 Å². The first-order valence-corrected chi connectivity index (χ1v) is 11.2. The van der Waals surface area contributed by atoms with Crippen LogP contribution in [0.25, 0.3) is 10.1 Å². The number of aryl methyl sites for hydroxylation is 1. The van der Waals surface area contributed by atoms with Crippen molar-refractivity contribution in [1.29, 1.82) is 0 Å². The number of para-hydroxylation sites is 1. The van der Waals surface area contributed by atoms with Crippen LogP contribution >= 0.6 is 34.5 Å². The van der Waals surface area contributed by atoms with Crippen molar-refractivity contribution in [3.63, 3.8) is 0 Å². The fraction of sp³-hybridized carbons (Fsp3) is 0.200. The molecule has 4 rings (SSSR count).